The molecule has 1 aliphatic rings. The number of aryl methyl sites for hydroxylation is 2. The minimum absolute atomic E-state index is 0.0166. The molecule has 1 unspecified atom stereocenters. The quantitative estimate of drug-likeness (QED) is 0.570. The second-order valence-electron chi connectivity index (χ2n) is 8.08. The number of methoxy groups -OCH3 is 1. The Kier molecular flexibility index (Phi) is 6.18. The van der Waals surface area contributed by atoms with Crippen molar-refractivity contribution in [3.8, 4) is 0 Å². The molecule has 0 radical (unpaired) electrons. The first kappa shape index (κ1) is 22.1. The van der Waals surface area contributed by atoms with Gasteiger partial charge in [0.25, 0.3) is 0 Å². The van der Waals surface area contributed by atoms with E-state index in [-0.39, 0.29) is 17.8 Å². The average molecular weight is 443 g/mol. The highest BCUT2D eigenvalue weighted by Crippen LogP contribution is 2.42. The van der Waals surface area contributed by atoms with E-state index in [2.05, 4.69) is 0 Å². The molecule has 6 heteroatoms. The summed E-state index contributed by atoms with van der Waals surface area (Å²) >= 11 is 0. The fourth-order valence-corrected chi connectivity index (χ4v) is 4.27. The van der Waals surface area contributed by atoms with E-state index in [0.29, 0.717) is 5.69 Å². The van der Waals surface area contributed by atoms with E-state index >= 15 is 0 Å². The van der Waals surface area contributed by atoms with Crippen LogP contribution in [0.25, 0.3) is 0 Å². The molecule has 0 bridgehead atoms. The highest BCUT2D eigenvalue weighted by Gasteiger charge is 2.42. The van der Waals surface area contributed by atoms with E-state index in [1.54, 1.807) is 4.90 Å². The molecule has 0 aliphatic carbocycles. The van der Waals surface area contributed by atoms with E-state index in [4.69, 9.17) is 4.74 Å². The normalized spacial score (nSPS) is 16.0. The van der Waals surface area contributed by atoms with Crippen LogP contribution in [0.4, 0.5) is 11.4 Å². The van der Waals surface area contributed by atoms with Gasteiger partial charge in [0.1, 0.15) is 11.9 Å². The largest absolute Gasteiger partial charge is 0.478 e. The van der Waals surface area contributed by atoms with Crippen molar-refractivity contribution in [1.82, 2.24) is 0 Å². The highest BCUT2D eigenvalue weighted by atomic mass is 16.5. The van der Waals surface area contributed by atoms with Gasteiger partial charge in [-0.3, -0.25) is 0 Å². The SMILES string of the molecule is COC(=O)C1=C(C(=O)O)CN(c2cccc(C)c2)C(c2ccccc2)N1c1cccc(C)c1. The standard InChI is InChI=1S/C27H26N2O4/c1-18-9-7-13-21(15-18)28-17-23(26(30)31)24(27(32)33-3)29(22-14-8-10-19(2)16-22)25(28)20-11-5-4-6-12-20/h4-16,25H,17H2,1-3H3,(H,30,31). The van der Waals surface area contributed by atoms with Crippen LogP contribution < -0.4 is 9.80 Å². The number of nitrogens with zero attached hydrogens (tertiary/aromatic N) is 2. The number of carboxylic acid groups (broad SMARTS) is 1. The molecule has 0 aromatic heterocycles. The molecular formula is C27H26N2O4. The molecule has 168 valence electrons. The maximum atomic E-state index is 13.0. The number of rotatable bonds is 5. The molecule has 3 aromatic rings. The topological polar surface area (TPSA) is 70.1 Å². The fraction of sp³-hybridized carbons (Fsp3) is 0.185. The van der Waals surface area contributed by atoms with Gasteiger partial charge in [0.05, 0.1) is 19.2 Å². The third kappa shape index (κ3) is 4.32. The third-order valence-corrected chi connectivity index (χ3v) is 5.74. The molecule has 0 fully saturated rings. The summed E-state index contributed by atoms with van der Waals surface area (Å²) in [5.74, 6) is -1.84. The zero-order chi connectivity index (χ0) is 23.5. The maximum absolute atomic E-state index is 13.0. The van der Waals surface area contributed by atoms with Gasteiger partial charge in [0, 0.05) is 11.4 Å². The van der Waals surface area contributed by atoms with Crippen LogP contribution in [0.15, 0.2) is 90.1 Å². The number of hydrogen-bond donors (Lipinski definition) is 1. The summed E-state index contributed by atoms with van der Waals surface area (Å²) in [5.41, 5.74) is 4.57. The van der Waals surface area contributed by atoms with Crippen molar-refractivity contribution >= 4 is 23.3 Å². The molecule has 1 aliphatic heterocycles. The Morgan fingerprint density at radius 1 is 0.879 bits per heavy atom. The summed E-state index contributed by atoms with van der Waals surface area (Å²) in [7, 11) is 1.27. The van der Waals surface area contributed by atoms with Gasteiger partial charge in [0.2, 0.25) is 0 Å². The van der Waals surface area contributed by atoms with Crippen molar-refractivity contribution < 1.29 is 19.4 Å². The predicted octanol–water partition coefficient (Wildman–Crippen LogP) is 4.84. The molecule has 0 saturated carbocycles. The van der Waals surface area contributed by atoms with Gasteiger partial charge in [-0.15, -0.1) is 0 Å². The summed E-state index contributed by atoms with van der Waals surface area (Å²) in [5, 5.41) is 10.1. The molecular weight excluding hydrogens is 416 g/mol. The summed E-state index contributed by atoms with van der Waals surface area (Å²) in [6, 6.07) is 25.4. The maximum Gasteiger partial charge on any atom is 0.355 e. The van der Waals surface area contributed by atoms with Crippen molar-refractivity contribution in [2.75, 3.05) is 23.5 Å². The Balaban J connectivity index is 2.05. The molecule has 1 atom stereocenters. The summed E-state index contributed by atoms with van der Waals surface area (Å²) in [6.45, 7) is 4.01. The number of benzene rings is 3. The van der Waals surface area contributed by atoms with Crippen LogP contribution in [0.5, 0.6) is 0 Å². The lowest BCUT2D eigenvalue weighted by molar-refractivity contribution is -0.138. The van der Waals surface area contributed by atoms with Crippen molar-refractivity contribution in [3.63, 3.8) is 0 Å². The Bertz CT molecular complexity index is 1220. The number of hydrogen-bond acceptors (Lipinski definition) is 5. The van der Waals surface area contributed by atoms with Crippen LogP contribution in [0.1, 0.15) is 22.9 Å². The Morgan fingerprint density at radius 3 is 2.06 bits per heavy atom. The minimum atomic E-state index is -1.16. The van der Waals surface area contributed by atoms with E-state index in [1.165, 1.54) is 7.11 Å². The van der Waals surface area contributed by atoms with Gasteiger partial charge >= 0.3 is 11.9 Å². The van der Waals surface area contributed by atoms with Crippen LogP contribution in [0.2, 0.25) is 0 Å². The number of aliphatic carboxylic acids is 1. The van der Waals surface area contributed by atoms with Crippen LogP contribution in [0.3, 0.4) is 0 Å². The van der Waals surface area contributed by atoms with E-state index in [9.17, 15) is 14.7 Å². The zero-order valence-electron chi connectivity index (χ0n) is 18.9. The monoisotopic (exact) mass is 442 g/mol. The van der Waals surface area contributed by atoms with Crippen molar-refractivity contribution in [2.45, 2.75) is 20.0 Å². The first-order chi connectivity index (χ1) is 15.9. The number of esters is 1. The highest BCUT2D eigenvalue weighted by molar-refractivity contribution is 6.04. The van der Waals surface area contributed by atoms with Crippen molar-refractivity contribution in [3.05, 3.63) is 107 Å². The molecule has 4 rings (SSSR count). The lowest BCUT2D eigenvalue weighted by Crippen LogP contribution is -2.50. The minimum Gasteiger partial charge on any atom is -0.478 e. The first-order valence-electron chi connectivity index (χ1n) is 10.7. The Morgan fingerprint density at radius 2 is 1.48 bits per heavy atom. The zero-order valence-corrected chi connectivity index (χ0v) is 18.9. The van der Waals surface area contributed by atoms with E-state index in [1.807, 2.05) is 97.6 Å². The van der Waals surface area contributed by atoms with Gasteiger partial charge < -0.3 is 19.6 Å². The molecule has 3 aromatic carbocycles. The summed E-state index contributed by atoms with van der Waals surface area (Å²) in [6.07, 6.45) is -0.466. The molecule has 0 amide bonds. The molecule has 0 saturated heterocycles. The Labute approximate surface area is 193 Å². The van der Waals surface area contributed by atoms with Gasteiger partial charge in [0.15, 0.2) is 0 Å². The van der Waals surface area contributed by atoms with Gasteiger partial charge in [-0.1, -0.05) is 54.6 Å². The average Bonchev–Trinajstić information content (AvgIpc) is 2.82. The first-order valence-corrected chi connectivity index (χ1v) is 10.7. The number of carboxylic acids is 1. The molecule has 33 heavy (non-hydrogen) atoms. The third-order valence-electron chi connectivity index (χ3n) is 5.74. The molecule has 1 N–H and O–H groups in total. The number of carbonyl (C=O) groups excluding carboxylic acids is 1. The van der Waals surface area contributed by atoms with E-state index in [0.717, 1.165) is 22.4 Å². The van der Waals surface area contributed by atoms with Crippen LogP contribution in [-0.2, 0) is 14.3 Å². The van der Waals surface area contributed by atoms with E-state index < -0.39 is 18.1 Å². The lowest BCUT2D eigenvalue weighted by Gasteiger charge is -2.47. The van der Waals surface area contributed by atoms with Crippen LogP contribution in [0, 0.1) is 13.8 Å². The second-order valence-corrected chi connectivity index (χ2v) is 8.08. The number of ether oxygens (including phenoxy) is 1. The van der Waals surface area contributed by atoms with Gasteiger partial charge in [-0.05, 0) is 54.8 Å². The van der Waals surface area contributed by atoms with Gasteiger partial charge in [-0.2, -0.15) is 0 Å². The predicted molar refractivity (Wildman–Crippen MR) is 128 cm³/mol. The number of carbonyl (C=O) groups is 2. The summed E-state index contributed by atoms with van der Waals surface area (Å²) in [4.78, 5) is 29.2. The number of anilines is 2. The fourth-order valence-electron chi connectivity index (χ4n) is 4.27. The molecule has 1 heterocycles. The Hall–Kier alpha value is -4.06. The van der Waals surface area contributed by atoms with Crippen LogP contribution >= 0.6 is 0 Å². The smallest absolute Gasteiger partial charge is 0.355 e. The molecule has 6 nitrogen and oxygen atoms in total. The van der Waals surface area contributed by atoms with Gasteiger partial charge in [-0.25, -0.2) is 9.59 Å². The van der Waals surface area contributed by atoms with Crippen LogP contribution in [-0.4, -0.2) is 30.7 Å². The second kappa shape index (κ2) is 9.20. The lowest BCUT2D eigenvalue weighted by atomic mass is 9.99. The van der Waals surface area contributed by atoms with Crippen molar-refractivity contribution in [2.24, 2.45) is 0 Å². The van der Waals surface area contributed by atoms with Crippen molar-refractivity contribution in [1.29, 1.82) is 0 Å². The summed E-state index contributed by atoms with van der Waals surface area (Å²) < 4.78 is 5.08. The molecule has 0 spiro atoms.